The molecule has 0 aliphatic rings. The van der Waals surface area contributed by atoms with E-state index in [9.17, 15) is 17.6 Å². The van der Waals surface area contributed by atoms with Gasteiger partial charge in [-0.05, 0) is 48.4 Å². The monoisotopic (exact) mass is 476 g/mol. The largest absolute Gasteiger partial charge is 0.294 e. The van der Waals surface area contributed by atoms with Gasteiger partial charge in [-0.25, -0.2) is 4.39 Å². The Bertz CT molecular complexity index is 1430. The number of carbonyl (C=O) groups is 1. The van der Waals surface area contributed by atoms with Crippen molar-refractivity contribution in [3.8, 4) is 0 Å². The molecule has 0 aliphatic carbocycles. The van der Waals surface area contributed by atoms with Crippen molar-refractivity contribution >= 4 is 49.9 Å². The topological polar surface area (TPSA) is 69.0 Å². The molecular weight excluding hydrogens is 462 g/mol. The van der Waals surface area contributed by atoms with E-state index in [4.69, 9.17) is 23.2 Å². The van der Waals surface area contributed by atoms with Crippen molar-refractivity contribution in [1.82, 2.24) is 9.19 Å². The molecule has 0 N–H and O–H groups in total. The van der Waals surface area contributed by atoms with E-state index in [1.54, 1.807) is 31.2 Å². The smallest absolute Gasteiger partial charge is 0.283 e. The van der Waals surface area contributed by atoms with Crippen LogP contribution in [0.1, 0.15) is 21.5 Å². The van der Waals surface area contributed by atoms with Gasteiger partial charge in [0.05, 0.1) is 27.2 Å². The predicted octanol–water partition coefficient (Wildman–Crippen LogP) is 5.45. The van der Waals surface area contributed by atoms with Gasteiger partial charge in [-0.3, -0.25) is 4.79 Å². The van der Waals surface area contributed by atoms with Crippen LogP contribution >= 0.6 is 23.2 Å². The molecule has 9 heteroatoms. The van der Waals surface area contributed by atoms with Gasteiger partial charge in [-0.2, -0.15) is 17.6 Å². The van der Waals surface area contributed by atoms with Crippen LogP contribution in [0.25, 0.3) is 10.9 Å². The van der Waals surface area contributed by atoms with Crippen LogP contribution < -0.4 is 0 Å². The maximum Gasteiger partial charge on any atom is 0.283 e. The highest BCUT2D eigenvalue weighted by Crippen LogP contribution is 2.26. The minimum atomic E-state index is -4.02. The molecule has 1 heterocycles. The summed E-state index contributed by atoms with van der Waals surface area (Å²) in [4.78, 5) is 12.6. The van der Waals surface area contributed by atoms with E-state index in [-0.39, 0.29) is 21.9 Å². The van der Waals surface area contributed by atoms with Gasteiger partial charge >= 0.3 is 0 Å². The van der Waals surface area contributed by atoms with Gasteiger partial charge in [0, 0.05) is 16.8 Å². The number of fused-ring (bicyclic) bond motifs is 1. The molecule has 5 nitrogen and oxygen atoms in total. The van der Waals surface area contributed by atoms with E-state index >= 15 is 0 Å². The molecule has 3 aromatic carbocycles. The van der Waals surface area contributed by atoms with Crippen LogP contribution in [0.2, 0.25) is 10.0 Å². The van der Waals surface area contributed by atoms with Crippen molar-refractivity contribution in [2.75, 3.05) is 0 Å². The molecule has 4 rings (SSSR count). The Morgan fingerprint density at radius 3 is 2.55 bits per heavy atom. The highest BCUT2D eigenvalue weighted by molar-refractivity contribution is 7.90. The standard InChI is InChI=1S/C22H15Cl2FN2O3S/c1-13-5-8-16(11-18(13)24)31(29,30)27-20-9-14(6-7-15(20)12-26-27)10-21(28)22-17(23)3-2-4-19(22)25/h2-9,11-12H,10H2,1H3. The van der Waals surface area contributed by atoms with Gasteiger partial charge < -0.3 is 0 Å². The molecule has 31 heavy (non-hydrogen) atoms. The van der Waals surface area contributed by atoms with Crippen LogP contribution in [0.15, 0.2) is 65.7 Å². The maximum absolute atomic E-state index is 14.1. The predicted molar refractivity (Wildman–Crippen MR) is 118 cm³/mol. The van der Waals surface area contributed by atoms with Crippen LogP contribution in [0.4, 0.5) is 4.39 Å². The van der Waals surface area contributed by atoms with Gasteiger partial charge in [0.15, 0.2) is 5.78 Å². The first kappa shape index (κ1) is 21.5. The summed E-state index contributed by atoms with van der Waals surface area (Å²) in [7, 11) is -4.02. The minimum absolute atomic E-state index is 0.00674. The second-order valence-corrected chi connectivity index (χ2v) is 9.58. The van der Waals surface area contributed by atoms with Crippen molar-refractivity contribution in [2.45, 2.75) is 18.2 Å². The van der Waals surface area contributed by atoms with Gasteiger partial charge in [0.25, 0.3) is 10.0 Å². The summed E-state index contributed by atoms with van der Waals surface area (Å²) in [5.41, 5.74) is 1.34. The molecule has 0 unspecified atom stereocenters. The van der Waals surface area contributed by atoms with Gasteiger partial charge in [-0.15, -0.1) is 0 Å². The lowest BCUT2D eigenvalue weighted by Gasteiger charge is -2.09. The first-order valence-corrected chi connectivity index (χ1v) is 11.3. The van der Waals surface area contributed by atoms with Crippen molar-refractivity contribution in [2.24, 2.45) is 0 Å². The third-order valence-electron chi connectivity index (χ3n) is 4.88. The minimum Gasteiger partial charge on any atom is -0.294 e. The Labute approximate surface area is 188 Å². The van der Waals surface area contributed by atoms with E-state index in [0.29, 0.717) is 21.5 Å². The number of benzene rings is 3. The summed E-state index contributed by atoms with van der Waals surface area (Å²) in [6, 6.07) is 13.3. The first-order valence-electron chi connectivity index (χ1n) is 9.14. The Hall–Kier alpha value is -2.74. The average molecular weight is 477 g/mol. The zero-order valence-corrected chi connectivity index (χ0v) is 18.5. The second-order valence-electron chi connectivity index (χ2n) is 6.99. The fourth-order valence-corrected chi connectivity index (χ4v) is 5.02. The SMILES string of the molecule is Cc1ccc(S(=O)(=O)n2ncc3ccc(CC(=O)c4c(F)cccc4Cl)cc32)cc1Cl. The number of rotatable bonds is 5. The third-order valence-corrected chi connectivity index (χ3v) is 7.20. The summed E-state index contributed by atoms with van der Waals surface area (Å²) in [5.74, 6) is -1.22. The van der Waals surface area contributed by atoms with Crippen LogP contribution in [0.3, 0.4) is 0 Å². The number of ketones is 1. The molecule has 0 spiro atoms. The molecule has 0 fully saturated rings. The van der Waals surface area contributed by atoms with Gasteiger partial charge in [0.1, 0.15) is 5.82 Å². The van der Waals surface area contributed by atoms with Crippen molar-refractivity contribution in [1.29, 1.82) is 0 Å². The fraction of sp³-hybridized carbons (Fsp3) is 0.0909. The van der Waals surface area contributed by atoms with E-state index in [1.165, 1.54) is 30.5 Å². The van der Waals surface area contributed by atoms with Crippen LogP contribution in [-0.2, 0) is 16.4 Å². The van der Waals surface area contributed by atoms with E-state index in [2.05, 4.69) is 5.10 Å². The second kappa shape index (κ2) is 8.07. The summed E-state index contributed by atoms with van der Waals surface area (Å²) >= 11 is 12.1. The molecule has 0 amide bonds. The lowest BCUT2D eigenvalue weighted by Crippen LogP contribution is -2.14. The number of aryl methyl sites for hydroxylation is 1. The van der Waals surface area contributed by atoms with Crippen LogP contribution in [0.5, 0.6) is 0 Å². The van der Waals surface area contributed by atoms with E-state index in [0.717, 1.165) is 15.7 Å². The summed E-state index contributed by atoms with van der Waals surface area (Å²) in [6.45, 7) is 1.77. The molecule has 1 aromatic heterocycles. The molecule has 0 atom stereocenters. The zero-order chi connectivity index (χ0) is 22.3. The summed E-state index contributed by atoms with van der Waals surface area (Å²) in [6.07, 6.45) is 1.26. The number of halogens is 3. The van der Waals surface area contributed by atoms with Crippen LogP contribution in [0, 0.1) is 12.7 Å². The Morgan fingerprint density at radius 2 is 1.84 bits per heavy atom. The molecule has 0 bridgehead atoms. The molecule has 0 saturated heterocycles. The summed E-state index contributed by atoms with van der Waals surface area (Å²) < 4.78 is 41.2. The van der Waals surface area contributed by atoms with E-state index < -0.39 is 21.6 Å². The number of nitrogens with zero attached hydrogens (tertiary/aromatic N) is 2. The molecule has 0 radical (unpaired) electrons. The number of carbonyl (C=O) groups excluding carboxylic acids is 1. The molecular formula is C22H15Cl2FN2O3S. The molecule has 0 aliphatic heterocycles. The average Bonchev–Trinajstić information content (AvgIpc) is 3.14. The van der Waals surface area contributed by atoms with Crippen molar-refractivity contribution in [3.05, 3.63) is 93.3 Å². The number of aromatic nitrogens is 2. The Morgan fingerprint density at radius 1 is 1.06 bits per heavy atom. The van der Waals surface area contributed by atoms with Crippen LogP contribution in [-0.4, -0.2) is 23.4 Å². The molecule has 4 aromatic rings. The third kappa shape index (κ3) is 3.96. The van der Waals surface area contributed by atoms with Crippen molar-refractivity contribution in [3.63, 3.8) is 0 Å². The van der Waals surface area contributed by atoms with Gasteiger partial charge in [-0.1, -0.05) is 47.5 Å². The molecule has 158 valence electrons. The Balaban J connectivity index is 1.74. The molecule has 0 saturated carbocycles. The maximum atomic E-state index is 14.1. The highest BCUT2D eigenvalue weighted by Gasteiger charge is 2.22. The normalized spacial score (nSPS) is 11.7. The first-order chi connectivity index (χ1) is 14.7. The van der Waals surface area contributed by atoms with Crippen molar-refractivity contribution < 1.29 is 17.6 Å². The Kier molecular flexibility index (Phi) is 5.60. The summed E-state index contributed by atoms with van der Waals surface area (Å²) in [5, 5.41) is 4.94. The quantitative estimate of drug-likeness (QED) is 0.359. The zero-order valence-electron chi connectivity index (χ0n) is 16.1. The van der Waals surface area contributed by atoms with Gasteiger partial charge in [0.2, 0.25) is 0 Å². The fourth-order valence-electron chi connectivity index (χ4n) is 3.21. The number of Topliss-reactive ketones (excluding diaryl/α,β-unsaturated/α-hetero) is 1. The lowest BCUT2D eigenvalue weighted by molar-refractivity contribution is 0.0989. The number of hydrogen-bond acceptors (Lipinski definition) is 4. The highest BCUT2D eigenvalue weighted by atomic mass is 35.5. The lowest BCUT2D eigenvalue weighted by atomic mass is 10.0. The van der Waals surface area contributed by atoms with E-state index in [1.807, 2.05) is 0 Å². The number of hydrogen-bond donors (Lipinski definition) is 0.